The summed E-state index contributed by atoms with van der Waals surface area (Å²) in [6, 6.07) is 6.47. The first-order valence-corrected chi connectivity index (χ1v) is 8.36. The summed E-state index contributed by atoms with van der Waals surface area (Å²) >= 11 is 0. The molecule has 10 heteroatoms. The standard InChI is InChI=1S/C9H12N2O6P2/c1-9(18(12,13)14,19(15,16)17)8-10-6-4-2-3-5-7(6)11-8/h2-5H,1H3,(H,10,11)(H2,12,13,14)(H2,15,16,17). The lowest BCUT2D eigenvalue weighted by molar-refractivity contribution is 0.311. The van der Waals surface area contributed by atoms with Gasteiger partial charge in [0.25, 0.3) is 0 Å². The van der Waals surface area contributed by atoms with E-state index in [0.29, 0.717) is 11.0 Å². The molecule has 0 saturated carbocycles. The van der Waals surface area contributed by atoms with E-state index in [9.17, 15) is 28.7 Å². The molecule has 0 fully saturated rings. The minimum Gasteiger partial charge on any atom is -0.340 e. The van der Waals surface area contributed by atoms with Gasteiger partial charge < -0.3 is 24.6 Å². The van der Waals surface area contributed by atoms with Crippen LogP contribution in [0.3, 0.4) is 0 Å². The molecule has 2 aromatic rings. The number of nitrogens with one attached hydrogen (secondary N) is 1. The summed E-state index contributed by atoms with van der Waals surface area (Å²) in [6.45, 7) is 0.798. The van der Waals surface area contributed by atoms with Crippen LogP contribution in [0.4, 0.5) is 0 Å². The average molecular weight is 306 g/mol. The highest BCUT2D eigenvalue weighted by Gasteiger charge is 2.60. The predicted octanol–water partition coefficient (Wildman–Crippen LogP) is 1.09. The van der Waals surface area contributed by atoms with E-state index in [0.717, 1.165) is 6.92 Å². The Balaban J connectivity index is 2.76. The Morgan fingerprint density at radius 2 is 1.63 bits per heavy atom. The molecule has 0 amide bonds. The van der Waals surface area contributed by atoms with Gasteiger partial charge in [0.05, 0.1) is 11.0 Å². The lowest BCUT2D eigenvalue weighted by Crippen LogP contribution is -2.24. The molecule has 5 N–H and O–H groups in total. The quantitative estimate of drug-likeness (QED) is 0.534. The van der Waals surface area contributed by atoms with Gasteiger partial charge in [0.15, 0.2) is 0 Å². The maximum Gasteiger partial charge on any atom is 0.351 e. The van der Waals surface area contributed by atoms with E-state index in [4.69, 9.17) is 0 Å². The van der Waals surface area contributed by atoms with E-state index < -0.39 is 25.9 Å². The van der Waals surface area contributed by atoms with Crippen molar-refractivity contribution in [2.45, 2.75) is 11.8 Å². The number of rotatable bonds is 3. The van der Waals surface area contributed by atoms with Crippen LogP contribution >= 0.6 is 15.2 Å². The van der Waals surface area contributed by atoms with Crippen molar-refractivity contribution in [2.24, 2.45) is 0 Å². The Bertz CT molecular complexity index is 659. The first kappa shape index (κ1) is 14.4. The summed E-state index contributed by atoms with van der Waals surface area (Å²) in [5.41, 5.74) is 0.802. The van der Waals surface area contributed by atoms with Gasteiger partial charge >= 0.3 is 15.2 Å². The number of H-pyrrole nitrogens is 1. The SMILES string of the molecule is CC(c1nc2ccccc2[nH]1)(P(=O)(O)O)P(=O)(O)O. The number of aromatic amines is 1. The van der Waals surface area contributed by atoms with Crippen molar-refractivity contribution in [1.82, 2.24) is 9.97 Å². The molecule has 19 heavy (non-hydrogen) atoms. The fourth-order valence-corrected chi connectivity index (χ4v) is 3.74. The van der Waals surface area contributed by atoms with Crippen molar-refractivity contribution in [2.75, 3.05) is 0 Å². The van der Waals surface area contributed by atoms with Gasteiger partial charge in [-0.25, -0.2) is 4.98 Å². The molecule has 0 aliphatic heterocycles. The van der Waals surface area contributed by atoms with Gasteiger partial charge in [-0.1, -0.05) is 12.1 Å². The predicted molar refractivity (Wildman–Crippen MR) is 67.5 cm³/mol. The van der Waals surface area contributed by atoms with Crippen LogP contribution in [-0.4, -0.2) is 29.5 Å². The number of nitrogens with zero attached hydrogens (tertiary/aromatic N) is 1. The lowest BCUT2D eigenvalue weighted by atomic mass is 10.3. The highest BCUT2D eigenvalue weighted by Crippen LogP contribution is 2.73. The molecule has 0 saturated heterocycles. The monoisotopic (exact) mass is 306 g/mol. The normalized spacial score (nSPS) is 13.9. The van der Waals surface area contributed by atoms with Crippen LogP contribution < -0.4 is 0 Å². The van der Waals surface area contributed by atoms with E-state index >= 15 is 0 Å². The van der Waals surface area contributed by atoms with Crippen LogP contribution in [0.1, 0.15) is 12.7 Å². The maximum atomic E-state index is 11.5. The summed E-state index contributed by atoms with van der Waals surface area (Å²) in [5, 5.41) is 0. The van der Waals surface area contributed by atoms with E-state index in [1.807, 2.05) is 0 Å². The second-order valence-electron chi connectivity index (χ2n) is 4.21. The highest BCUT2D eigenvalue weighted by molar-refractivity contribution is 7.71. The van der Waals surface area contributed by atoms with Crippen molar-refractivity contribution in [1.29, 1.82) is 0 Å². The lowest BCUT2D eigenvalue weighted by Gasteiger charge is -2.28. The summed E-state index contributed by atoms with van der Waals surface area (Å²) < 4.78 is 23.0. The van der Waals surface area contributed by atoms with Crippen molar-refractivity contribution >= 4 is 26.2 Å². The van der Waals surface area contributed by atoms with Crippen molar-refractivity contribution in [3.05, 3.63) is 30.1 Å². The fourth-order valence-electron chi connectivity index (χ4n) is 1.62. The molecule has 0 spiro atoms. The second-order valence-corrected chi connectivity index (χ2v) is 8.53. The van der Waals surface area contributed by atoms with E-state index in [-0.39, 0.29) is 0 Å². The summed E-state index contributed by atoms with van der Waals surface area (Å²) in [4.78, 5) is 41.0. The van der Waals surface area contributed by atoms with Gasteiger partial charge in [-0.15, -0.1) is 0 Å². The number of benzene rings is 1. The third-order valence-corrected chi connectivity index (χ3v) is 7.23. The van der Waals surface area contributed by atoms with E-state index in [1.165, 1.54) is 0 Å². The number of hydrogen-bond donors (Lipinski definition) is 5. The number of fused-ring (bicyclic) bond motifs is 1. The Morgan fingerprint density at radius 1 is 1.11 bits per heavy atom. The molecule has 0 atom stereocenters. The van der Waals surface area contributed by atoms with Crippen LogP contribution in [0.25, 0.3) is 11.0 Å². The molecule has 1 heterocycles. The molecule has 104 valence electrons. The molecular formula is C9H12N2O6P2. The van der Waals surface area contributed by atoms with E-state index in [2.05, 4.69) is 9.97 Å². The average Bonchev–Trinajstić information content (AvgIpc) is 2.68. The minimum absolute atomic E-state index is 0.366. The molecular weight excluding hydrogens is 294 g/mol. The number of imidazole rings is 1. The van der Waals surface area contributed by atoms with Gasteiger partial charge in [0, 0.05) is 0 Å². The first-order valence-electron chi connectivity index (χ1n) is 5.14. The molecule has 1 aromatic carbocycles. The molecule has 1 aromatic heterocycles. The summed E-state index contributed by atoms with van der Waals surface area (Å²) in [6.07, 6.45) is 0. The topological polar surface area (TPSA) is 144 Å². The van der Waals surface area contributed by atoms with Crippen molar-refractivity contribution in [3.63, 3.8) is 0 Å². The van der Waals surface area contributed by atoms with Gasteiger partial charge in [-0.3, -0.25) is 9.13 Å². The number of aromatic nitrogens is 2. The summed E-state index contributed by atoms with van der Waals surface area (Å²) in [5.74, 6) is -0.435. The van der Waals surface area contributed by atoms with Crippen LogP contribution in [0, 0.1) is 0 Å². The minimum atomic E-state index is -5.14. The Kier molecular flexibility index (Phi) is 3.22. The Labute approximate surface area is 107 Å². The Morgan fingerprint density at radius 3 is 2.11 bits per heavy atom. The number of para-hydroxylation sites is 2. The van der Waals surface area contributed by atoms with Gasteiger partial charge in [0.1, 0.15) is 5.82 Å². The van der Waals surface area contributed by atoms with Gasteiger partial charge in [-0.2, -0.15) is 0 Å². The maximum absolute atomic E-state index is 11.5. The highest BCUT2D eigenvalue weighted by atomic mass is 31.2. The smallest absolute Gasteiger partial charge is 0.340 e. The molecule has 8 nitrogen and oxygen atoms in total. The van der Waals surface area contributed by atoms with Crippen LogP contribution in [0.5, 0.6) is 0 Å². The zero-order valence-electron chi connectivity index (χ0n) is 9.76. The largest absolute Gasteiger partial charge is 0.351 e. The second kappa shape index (κ2) is 4.24. The van der Waals surface area contributed by atoms with E-state index in [1.54, 1.807) is 24.3 Å². The van der Waals surface area contributed by atoms with Crippen LogP contribution in [0.15, 0.2) is 24.3 Å². The molecule has 0 aliphatic rings. The Hall–Kier alpha value is -1.01. The molecule has 0 radical (unpaired) electrons. The molecule has 2 rings (SSSR count). The first-order chi connectivity index (χ1) is 8.57. The number of hydrogen-bond acceptors (Lipinski definition) is 3. The fraction of sp³-hybridized carbons (Fsp3) is 0.222. The van der Waals surface area contributed by atoms with Crippen LogP contribution in [0.2, 0.25) is 0 Å². The van der Waals surface area contributed by atoms with Crippen molar-refractivity contribution in [3.8, 4) is 0 Å². The molecule has 0 unspecified atom stereocenters. The molecule has 0 bridgehead atoms. The van der Waals surface area contributed by atoms with Gasteiger partial charge in [-0.05, 0) is 19.1 Å². The van der Waals surface area contributed by atoms with Gasteiger partial charge in [0.2, 0.25) is 4.90 Å². The third kappa shape index (κ3) is 2.17. The molecule has 0 aliphatic carbocycles. The third-order valence-electron chi connectivity index (χ3n) is 2.97. The zero-order valence-corrected chi connectivity index (χ0v) is 11.5. The van der Waals surface area contributed by atoms with Crippen molar-refractivity contribution < 1.29 is 28.7 Å². The zero-order chi connectivity index (χ0) is 14.5. The summed E-state index contributed by atoms with van der Waals surface area (Å²) in [7, 11) is -10.3. The van der Waals surface area contributed by atoms with Crippen LogP contribution in [-0.2, 0) is 14.0 Å².